The zero-order valence-electron chi connectivity index (χ0n) is 13.3. The number of hydrogen-bond donors (Lipinski definition) is 2. The van der Waals surface area contributed by atoms with E-state index < -0.39 is 5.82 Å². The van der Waals surface area contributed by atoms with E-state index in [4.69, 9.17) is 10.5 Å². The molecule has 1 aromatic rings. The Kier molecular flexibility index (Phi) is 5.32. The van der Waals surface area contributed by atoms with Gasteiger partial charge in [0, 0.05) is 18.2 Å². The van der Waals surface area contributed by atoms with Crippen LogP contribution in [0.5, 0.6) is 5.75 Å². The fourth-order valence-corrected chi connectivity index (χ4v) is 3.30. The second-order valence-electron chi connectivity index (χ2n) is 6.48. The molecule has 1 fully saturated rings. The molecule has 0 amide bonds. The molecule has 0 radical (unpaired) electrons. The molecule has 1 saturated carbocycles. The van der Waals surface area contributed by atoms with Crippen LogP contribution in [-0.4, -0.2) is 12.6 Å². The van der Waals surface area contributed by atoms with Crippen molar-refractivity contribution in [2.45, 2.75) is 52.5 Å². The van der Waals surface area contributed by atoms with Crippen LogP contribution in [0, 0.1) is 17.7 Å². The normalized spacial score (nSPS) is 25.6. The molecule has 3 N–H and O–H groups in total. The SMILES string of the molecule is CCCOc1cc(NC2CC(C)CC(C)C2)c(N)cc1F. The van der Waals surface area contributed by atoms with Crippen molar-refractivity contribution in [3.8, 4) is 5.75 Å². The van der Waals surface area contributed by atoms with E-state index in [9.17, 15) is 4.39 Å². The zero-order valence-corrected chi connectivity index (χ0v) is 13.3. The molecule has 1 aliphatic carbocycles. The second kappa shape index (κ2) is 7.01. The summed E-state index contributed by atoms with van der Waals surface area (Å²) >= 11 is 0. The van der Waals surface area contributed by atoms with E-state index >= 15 is 0 Å². The minimum atomic E-state index is -0.392. The first-order valence-corrected chi connectivity index (χ1v) is 7.98. The van der Waals surface area contributed by atoms with Crippen LogP contribution in [0.4, 0.5) is 15.8 Å². The first-order chi connectivity index (χ1) is 9.99. The summed E-state index contributed by atoms with van der Waals surface area (Å²) in [5, 5.41) is 3.48. The minimum Gasteiger partial charge on any atom is -0.490 e. The molecule has 21 heavy (non-hydrogen) atoms. The number of ether oxygens (including phenoxy) is 1. The van der Waals surface area contributed by atoms with Gasteiger partial charge < -0.3 is 15.8 Å². The Labute approximate surface area is 127 Å². The highest BCUT2D eigenvalue weighted by Gasteiger charge is 2.24. The Morgan fingerprint density at radius 1 is 1.24 bits per heavy atom. The van der Waals surface area contributed by atoms with Gasteiger partial charge in [0.15, 0.2) is 11.6 Å². The number of halogens is 1. The van der Waals surface area contributed by atoms with Crippen LogP contribution >= 0.6 is 0 Å². The highest BCUT2D eigenvalue weighted by atomic mass is 19.1. The molecule has 0 bridgehead atoms. The van der Waals surface area contributed by atoms with E-state index in [0.717, 1.165) is 24.9 Å². The predicted octanol–water partition coefficient (Wildman–Crippen LogP) is 4.43. The van der Waals surface area contributed by atoms with E-state index in [1.54, 1.807) is 6.07 Å². The highest BCUT2D eigenvalue weighted by molar-refractivity contribution is 5.69. The van der Waals surface area contributed by atoms with E-state index in [1.807, 2.05) is 6.92 Å². The summed E-state index contributed by atoms with van der Waals surface area (Å²) in [5.41, 5.74) is 7.18. The molecule has 0 aromatic heterocycles. The molecular weight excluding hydrogens is 267 g/mol. The summed E-state index contributed by atoms with van der Waals surface area (Å²) in [6, 6.07) is 3.45. The topological polar surface area (TPSA) is 47.3 Å². The first-order valence-electron chi connectivity index (χ1n) is 7.98. The van der Waals surface area contributed by atoms with E-state index in [2.05, 4.69) is 19.2 Å². The minimum absolute atomic E-state index is 0.283. The van der Waals surface area contributed by atoms with Gasteiger partial charge in [0.25, 0.3) is 0 Å². The molecule has 0 aliphatic heterocycles. The fourth-order valence-electron chi connectivity index (χ4n) is 3.30. The molecule has 0 spiro atoms. The number of anilines is 2. The van der Waals surface area contributed by atoms with Gasteiger partial charge in [0.2, 0.25) is 0 Å². The maximum atomic E-state index is 13.8. The number of benzene rings is 1. The molecule has 0 heterocycles. The van der Waals surface area contributed by atoms with Gasteiger partial charge in [-0.2, -0.15) is 0 Å². The Morgan fingerprint density at radius 2 is 1.90 bits per heavy atom. The van der Waals surface area contributed by atoms with Crippen molar-refractivity contribution in [3.05, 3.63) is 17.9 Å². The van der Waals surface area contributed by atoms with Gasteiger partial charge in [-0.1, -0.05) is 20.8 Å². The lowest BCUT2D eigenvalue weighted by atomic mass is 9.80. The zero-order chi connectivity index (χ0) is 15.4. The van der Waals surface area contributed by atoms with Crippen LogP contribution in [0.25, 0.3) is 0 Å². The Hall–Kier alpha value is -1.45. The first kappa shape index (κ1) is 15.9. The molecule has 3 nitrogen and oxygen atoms in total. The number of nitrogens with one attached hydrogen (secondary N) is 1. The number of hydrogen-bond acceptors (Lipinski definition) is 3. The molecule has 0 saturated heterocycles. The third-order valence-corrected chi connectivity index (χ3v) is 4.10. The van der Waals surface area contributed by atoms with Gasteiger partial charge >= 0.3 is 0 Å². The number of rotatable bonds is 5. The molecule has 4 heteroatoms. The summed E-state index contributed by atoms with van der Waals surface area (Å²) in [4.78, 5) is 0. The van der Waals surface area contributed by atoms with Crippen molar-refractivity contribution in [2.75, 3.05) is 17.7 Å². The van der Waals surface area contributed by atoms with Crippen molar-refractivity contribution in [3.63, 3.8) is 0 Å². The molecule has 1 aromatic carbocycles. The van der Waals surface area contributed by atoms with E-state index in [1.165, 1.54) is 12.5 Å². The van der Waals surface area contributed by atoms with Gasteiger partial charge in [-0.15, -0.1) is 0 Å². The smallest absolute Gasteiger partial charge is 0.167 e. The lowest BCUT2D eigenvalue weighted by Crippen LogP contribution is -2.30. The van der Waals surface area contributed by atoms with Gasteiger partial charge in [-0.3, -0.25) is 0 Å². The summed E-state index contributed by atoms with van der Waals surface area (Å²) in [6.45, 7) is 7.08. The van der Waals surface area contributed by atoms with Crippen molar-refractivity contribution >= 4 is 11.4 Å². The van der Waals surface area contributed by atoms with Crippen molar-refractivity contribution < 1.29 is 9.13 Å². The average molecular weight is 294 g/mol. The lowest BCUT2D eigenvalue weighted by molar-refractivity contribution is 0.280. The Bertz CT molecular complexity index is 468. The van der Waals surface area contributed by atoms with Gasteiger partial charge in [-0.25, -0.2) is 4.39 Å². The van der Waals surface area contributed by atoms with Crippen LogP contribution in [0.3, 0.4) is 0 Å². The fraction of sp³-hybridized carbons (Fsp3) is 0.647. The summed E-state index contributed by atoms with van der Waals surface area (Å²) < 4.78 is 19.3. The second-order valence-corrected chi connectivity index (χ2v) is 6.48. The Morgan fingerprint density at radius 3 is 2.52 bits per heavy atom. The summed E-state index contributed by atoms with van der Waals surface area (Å²) in [6.07, 6.45) is 4.39. The summed E-state index contributed by atoms with van der Waals surface area (Å²) in [5.74, 6) is 1.31. The van der Waals surface area contributed by atoms with Crippen LogP contribution in [0.2, 0.25) is 0 Å². The van der Waals surface area contributed by atoms with Crippen LogP contribution in [-0.2, 0) is 0 Å². The number of nitrogens with two attached hydrogens (primary N) is 1. The maximum Gasteiger partial charge on any atom is 0.167 e. The van der Waals surface area contributed by atoms with Crippen molar-refractivity contribution in [1.82, 2.24) is 0 Å². The predicted molar refractivity (Wildman–Crippen MR) is 86.2 cm³/mol. The Balaban J connectivity index is 2.11. The van der Waals surface area contributed by atoms with Crippen molar-refractivity contribution in [1.29, 1.82) is 0 Å². The molecule has 118 valence electrons. The van der Waals surface area contributed by atoms with Crippen molar-refractivity contribution in [2.24, 2.45) is 11.8 Å². The van der Waals surface area contributed by atoms with Crippen LogP contribution < -0.4 is 15.8 Å². The molecule has 2 unspecified atom stereocenters. The summed E-state index contributed by atoms with van der Waals surface area (Å²) in [7, 11) is 0. The maximum absolute atomic E-state index is 13.8. The van der Waals surface area contributed by atoms with Crippen LogP contribution in [0.1, 0.15) is 46.5 Å². The largest absolute Gasteiger partial charge is 0.490 e. The lowest BCUT2D eigenvalue weighted by Gasteiger charge is -2.33. The van der Waals surface area contributed by atoms with E-state index in [0.29, 0.717) is 30.2 Å². The van der Waals surface area contributed by atoms with Gasteiger partial charge in [-0.05, 0) is 37.5 Å². The third kappa shape index (κ3) is 4.26. The van der Waals surface area contributed by atoms with Crippen LogP contribution in [0.15, 0.2) is 12.1 Å². The molecule has 2 atom stereocenters. The molecule has 2 rings (SSSR count). The monoisotopic (exact) mass is 294 g/mol. The third-order valence-electron chi connectivity index (χ3n) is 4.10. The highest BCUT2D eigenvalue weighted by Crippen LogP contribution is 2.34. The standard InChI is InChI=1S/C17H27FN2O/c1-4-5-21-17-10-16(15(19)9-14(17)18)20-13-7-11(2)6-12(3)8-13/h9-13,20H,4-8,19H2,1-3H3. The quantitative estimate of drug-likeness (QED) is 0.790. The number of nitrogen functional groups attached to an aromatic ring is 1. The van der Waals surface area contributed by atoms with E-state index in [-0.39, 0.29) is 5.75 Å². The van der Waals surface area contributed by atoms with Gasteiger partial charge in [0.1, 0.15) is 0 Å². The van der Waals surface area contributed by atoms with Gasteiger partial charge in [0.05, 0.1) is 18.0 Å². The average Bonchev–Trinajstić information content (AvgIpc) is 2.39. The molecule has 1 aliphatic rings. The molecular formula is C17H27FN2O.